The maximum absolute atomic E-state index is 8.44. The molecule has 0 radical (unpaired) electrons. The van der Waals surface area contributed by atoms with Gasteiger partial charge in [-0.25, -0.2) is 0 Å². The van der Waals surface area contributed by atoms with Gasteiger partial charge < -0.3 is 15.0 Å². The summed E-state index contributed by atoms with van der Waals surface area (Å²) in [6, 6.07) is 30.0. The Kier molecular flexibility index (Phi) is 15.3. The summed E-state index contributed by atoms with van der Waals surface area (Å²) >= 11 is 0. The first-order valence-electron chi connectivity index (χ1n) is 13.9. The summed E-state index contributed by atoms with van der Waals surface area (Å²) in [6.45, 7) is 4.57. The van der Waals surface area contributed by atoms with Crippen LogP contribution in [0.15, 0.2) is 93.5 Å². The van der Waals surface area contributed by atoms with Gasteiger partial charge in [-0.05, 0) is 73.2 Å². The van der Waals surface area contributed by atoms with Crippen LogP contribution in [0.25, 0.3) is 0 Å². The van der Waals surface area contributed by atoms with Crippen LogP contribution in [0.3, 0.4) is 0 Å². The van der Waals surface area contributed by atoms with E-state index in [0.717, 1.165) is 0 Å². The molecule has 3 aromatic rings. The highest BCUT2D eigenvalue weighted by molar-refractivity contribution is 7.97. The molecule has 0 atom stereocenters. The van der Waals surface area contributed by atoms with E-state index in [1.807, 2.05) is 0 Å². The molecule has 3 aromatic carbocycles. The molecule has 0 aromatic heterocycles. The molecule has 0 saturated carbocycles. The van der Waals surface area contributed by atoms with Crippen molar-refractivity contribution in [3.63, 3.8) is 0 Å². The minimum Gasteiger partial charge on any atom is -0.565 e. The van der Waals surface area contributed by atoms with Crippen LogP contribution in [0.5, 0.6) is 0 Å². The lowest BCUT2D eigenvalue weighted by atomic mass is 10.1. The molecule has 200 valence electrons. The van der Waals surface area contributed by atoms with E-state index in [1.54, 1.807) is 0 Å². The zero-order valence-corrected chi connectivity index (χ0v) is 23.5. The van der Waals surface area contributed by atoms with Crippen LogP contribution in [-0.4, -0.2) is 11.3 Å². The third-order valence-electron chi connectivity index (χ3n) is 6.44. The molecule has 0 aliphatic carbocycles. The summed E-state index contributed by atoms with van der Waals surface area (Å²) < 4.78 is 0. The Morgan fingerprint density at radius 1 is 0.595 bits per heavy atom. The summed E-state index contributed by atoms with van der Waals surface area (Å²) in [4.78, 5) is 12.7. The Labute approximate surface area is 227 Å². The molecule has 0 bridgehead atoms. The standard InChI is InChI=1S/C32H43S.CH2O3/c1-3-5-7-9-12-16-28-20-24-31(25-21-28)33(30-18-14-11-15-19-30)32-26-22-29(23-27-32)17-13-10-8-6-4-2;2-1(3)4/h11,14-15,18-27H,3-10,12-13,16-17H2,1-2H3;(H2,2,3,4)/q+1;/p-1. The van der Waals surface area contributed by atoms with E-state index in [9.17, 15) is 0 Å². The van der Waals surface area contributed by atoms with E-state index in [1.165, 1.54) is 103 Å². The van der Waals surface area contributed by atoms with E-state index in [-0.39, 0.29) is 10.9 Å². The van der Waals surface area contributed by atoms with Crippen LogP contribution < -0.4 is 5.11 Å². The topological polar surface area (TPSA) is 60.4 Å². The highest BCUT2D eigenvalue weighted by Crippen LogP contribution is 2.31. The van der Waals surface area contributed by atoms with Crippen molar-refractivity contribution in [2.75, 3.05) is 0 Å². The first kappa shape index (κ1) is 30.5. The molecule has 0 aliphatic rings. The molecule has 37 heavy (non-hydrogen) atoms. The van der Waals surface area contributed by atoms with Crippen LogP contribution in [0.1, 0.15) is 89.2 Å². The fourth-order valence-corrected chi connectivity index (χ4v) is 6.48. The average Bonchev–Trinajstić information content (AvgIpc) is 2.91. The highest BCUT2D eigenvalue weighted by atomic mass is 32.2. The Balaban J connectivity index is 0.00000112. The summed E-state index contributed by atoms with van der Waals surface area (Å²) in [6.07, 6.45) is 13.8. The van der Waals surface area contributed by atoms with E-state index >= 15 is 0 Å². The number of aryl methyl sites for hydroxylation is 2. The second kappa shape index (κ2) is 18.5. The van der Waals surface area contributed by atoms with Crippen LogP contribution in [0.4, 0.5) is 4.79 Å². The van der Waals surface area contributed by atoms with Gasteiger partial charge in [0.25, 0.3) is 0 Å². The average molecular weight is 521 g/mol. The SMILES string of the molecule is CCCCCCCc1ccc([S+](c2ccccc2)c2ccc(CCCCCCC)cc2)cc1.O=C([O-])O. The molecule has 0 heterocycles. The van der Waals surface area contributed by atoms with E-state index < -0.39 is 6.16 Å². The van der Waals surface area contributed by atoms with Crippen molar-refractivity contribution in [2.24, 2.45) is 0 Å². The molecule has 0 fully saturated rings. The highest BCUT2D eigenvalue weighted by Gasteiger charge is 2.28. The van der Waals surface area contributed by atoms with Gasteiger partial charge in [-0.15, -0.1) is 0 Å². The Morgan fingerprint density at radius 3 is 1.32 bits per heavy atom. The second-order valence-corrected chi connectivity index (χ2v) is 11.5. The fourth-order valence-electron chi connectivity index (χ4n) is 4.41. The van der Waals surface area contributed by atoms with Crippen molar-refractivity contribution in [2.45, 2.75) is 106 Å². The first-order valence-corrected chi connectivity index (χ1v) is 15.1. The predicted molar refractivity (Wildman–Crippen MR) is 154 cm³/mol. The van der Waals surface area contributed by atoms with Crippen molar-refractivity contribution >= 4 is 17.1 Å². The number of unbranched alkanes of at least 4 members (excludes halogenated alkanes) is 8. The van der Waals surface area contributed by atoms with Crippen molar-refractivity contribution in [1.82, 2.24) is 0 Å². The zero-order chi connectivity index (χ0) is 26.7. The summed E-state index contributed by atoms with van der Waals surface area (Å²) in [5, 5.41) is 15.3. The van der Waals surface area contributed by atoms with E-state index in [4.69, 9.17) is 15.0 Å². The number of hydrogen-bond donors (Lipinski definition) is 1. The molecule has 0 saturated heterocycles. The maximum atomic E-state index is 8.44. The van der Waals surface area contributed by atoms with Gasteiger partial charge in [0, 0.05) is 0 Å². The zero-order valence-electron chi connectivity index (χ0n) is 22.7. The van der Waals surface area contributed by atoms with Crippen molar-refractivity contribution in [3.05, 3.63) is 90.0 Å². The smallest absolute Gasteiger partial charge is 0.249 e. The number of carbonyl (C=O) groups is 1. The first-order chi connectivity index (χ1) is 18.0. The minimum atomic E-state index is -2.08. The van der Waals surface area contributed by atoms with E-state index in [0.29, 0.717) is 0 Å². The summed E-state index contributed by atoms with van der Waals surface area (Å²) in [5.41, 5.74) is 2.95. The molecular formula is C33H44O3S. The number of carboxylic acid groups (broad SMARTS) is 2. The third-order valence-corrected chi connectivity index (χ3v) is 8.67. The lowest BCUT2D eigenvalue weighted by Gasteiger charge is -2.10. The monoisotopic (exact) mass is 520 g/mol. The van der Waals surface area contributed by atoms with Gasteiger partial charge in [-0.1, -0.05) is 108 Å². The molecule has 0 unspecified atom stereocenters. The lowest BCUT2D eigenvalue weighted by Crippen LogP contribution is -2.17. The molecule has 0 spiro atoms. The minimum absolute atomic E-state index is 0.0512. The van der Waals surface area contributed by atoms with Gasteiger partial charge in [-0.2, -0.15) is 0 Å². The lowest BCUT2D eigenvalue weighted by molar-refractivity contribution is -0.275. The Hall–Kier alpha value is -2.72. The quantitative estimate of drug-likeness (QED) is 0.161. The molecule has 0 amide bonds. The van der Waals surface area contributed by atoms with Crippen LogP contribution in [0.2, 0.25) is 0 Å². The largest absolute Gasteiger partial charge is 0.565 e. The number of benzene rings is 3. The Morgan fingerprint density at radius 2 is 0.946 bits per heavy atom. The molecule has 3 rings (SSSR count). The van der Waals surface area contributed by atoms with Crippen LogP contribution in [-0.2, 0) is 23.7 Å². The summed E-state index contributed by atoms with van der Waals surface area (Å²) in [5.74, 6) is 0. The van der Waals surface area contributed by atoms with Crippen LogP contribution in [0, 0.1) is 0 Å². The molecular weight excluding hydrogens is 476 g/mol. The normalized spacial score (nSPS) is 10.7. The predicted octanol–water partition coefficient (Wildman–Crippen LogP) is 8.70. The van der Waals surface area contributed by atoms with Gasteiger partial charge in [0.15, 0.2) is 14.7 Å². The number of hydrogen-bond acceptors (Lipinski definition) is 2. The van der Waals surface area contributed by atoms with Crippen LogP contribution >= 0.6 is 0 Å². The maximum Gasteiger partial charge on any atom is 0.249 e. The van der Waals surface area contributed by atoms with Crippen molar-refractivity contribution in [3.8, 4) is 0 Å². The fraction of sp³-hybridized carbons (Fsp3) is 0.424. The molecule has 0 aliphatic heterocycles. The molecule has 4 heteroatoms. The third kappa shape index (κ3) is 12.4. The molecule has 3 nitrogen and oxygen atoms in total. The van der Waals surface area contributed by atoms with Crippen molar-refractivity contribution in [1.29, 1.82) is 0 Å². The second-order valence-electron chi connectivity index (χ2n) is 9.50. The van der Waals surface area contributed by atoms with Gasteiger partial charge in [0.2, 0.25) is 6.16 Å². The molecule has 1 N–H and O–H groups in total. The van der Waals surface area contributed by atoms with E-state index in [2.05, 4.69) is 92.7 Å². The Bertz CT molecular complexity index is 923. The van der Waals surface area contributed by atoms with Gasteiger partial charge in [0.05, 0.1) is 10.9 Å². The van der Waals surface area contributed by atoms with Gasteiger partial charge in [0.1, 0.15) is 0 Å². The van der Waals surface area contributed by atoms with Gasteiger partial charge >= 0.3 is 0 Å². The number of rotatable bonds is 15. The summed E-state index contributed by atoms with van der Waals surface area (Å²) in [7, 11) is -0.0512. The van der Waals surface area contributed by atoms with Crippen molar-refractivity contribution < 1.29 is 15.0 Å². The van der Waals surface area contributed by atoms with Gasteiger partial charge in [-0.3, -0.25) is 0 Å².